The molecule has 0 aliphatic heterocycles. The quantitative estimate of drug-likeness (QED) is 0.391. The first kappa shape index (κ1) is 16.1. The van der Waals surface area contributed by atoms with Crippen LogP contribution in [0.5, 0.6) is 0 Å². The van der Waals surface area contributed by atoms with E-state index in [0.29, 0.717) is 11.0 Å². The maximum absolute atomic E-state index is 11.2. The molecule has 108 valence electrons. The number of anilines is 1. The highest BCUT2D eigenvalue weighted by molar-refractivity contribution is 7.99. The van der Waals surface area contributed by atoms with Gasteiger partial charge in [0.2, 0.25) is 0 Å². The van der Waals surface area contributed by atoms with Crippen LogP contribution in [0.3, 0.4) is 0 Å². The molecule has 1 aromatic rings. The van der Waals surface area contributed by atoms with Crippen molar-refractivity contribution < 1.29 is 0 Å². The summed E-state index contributed by atoms with van der Waals surface area (Å²) >= 11 is 1.57. The average molecular weight is 283 g/mol. The highest BCUT2D eigenvalue weighted by atomic mass is 32.2. The smallest absolute Gasteiger partial charge is 0.253 e. The minimum absolute atomic E-state index is 0.175. The van der Waals surface area contributed by atoms with Crippen LogP contribution in [0.25, 0.3) is 0 Å². The third-order valence-corrected chi connectivity index (χ3v) is 3.94. The van der Waals surface area contributed by atoms with Gasteiger partial charge < -0.3 is 10.7 Å². The van der Waals surface area contributed by atoms with E-state index >= 15 is 0 Å². The molecule has 0 aliphatic rings. The van der Waals surface area contributed by atoms with Crippen molar-refractivity contribution in [3.05, 3.63) is 16.4 Å². The molecule has 0 bridgehead atoms. The fourth-order valence-electron chi connectivity index (χ4n) is 1.93. The maximum atomic E-state index is 11.2. The SMILES string of the molecule is CCCCCCCCCCSc1nc(N)cc(=O)[nH]1. The predicted octanol–water partition coefficient (Wildman–Crippen LogP) is 3.58. The van der Waals surface area contributed by atoms with Gasteiger partial charge in [0.25, 0.3) is 5.56 Å². The summed E-state index contributed by atoms with van der Waals surface area (Å²) < 4.78 is 0. The lowest BCUT2D eigenvalue weighted by Gasteiger charge is -2.02. The molecule has 1 rings (SSSR count). The number of nitrogens with two attached hydrogens (primary N) is 1. The van der Waals surface area contributed by atoms with E-state index in [4.69, 9.17) is 5.73 Å². The fraction of sp³-hybridized carbons (Fsp3) is 0.714. The molecule has 0 unspecified atom stereocenters. The summed E-state index contributed by atoms with van der Waals surface area (Å²) in [4.78, 5) is 18.0. The van der Waals surface area contributed by atoms with E-state index in [-0.39, 0.29) is 5.56 Å². The van der Waals surface area contributed by atoms with Crippen molar-refractivity contribution in [2.24, 2.45) is 0 Å². The largest absolute Gasteiger partial charge is 0.383 e. The highest BCUT2D eigenvalue weighted by Crippen LogP contribution is 2.15. The topological polar surface area (TPSA) is 71.8 Å². The van der Waals surface area contributed by atoms with Crippen LogP contribution in [0.15, 0.2) is 16.0 Å². The molecule has 0 radical (unpaired) electrons. The molecule has 1 aromatic heterocycles. The normalized spacial score (nSPS) is 10.8. The maximum Gasteiger partial charge on any atom is 0.253 e. The number of hydrogen-bond acceptors (Lipinski definition) is 4. The Bertz CT molecular complexity index is 406. The Labute approximate surface area is 119 Å². The molecule has 0 aromatic carbocycles. The molecule has 0 saturated heterocycles. The number of unbranched alkanes of at least 4 members (excludes halogenated alkanes) is 7. The molecule has 0 atom stereocenters. The van der Waals surface area contributed by atoms with Crippen LogP contribution in [0.1, 0.15) is 58.3 Å². The third kappa shape index (κ3) is 7.93. The van der Waals surface area contributed by atoms with Gasteiger partial charge in [-0.25, -0.2) is 4.98 Å². The van der Waals surface area contributed by atoms with Crippen LogP contribution in [-0.2, 0) is 0 Å². The molecule has 0 fully saturated rings. The molecule has 0 spiro atoms. The Kier molecular flexibility index (Phi) is 8.38. The Hall–Kier alpha value is -0.970. The van der Waals surface area contributed by atoms with Crippen molar-refractivity contribution in [3.8, 4) is 0 Å². The number of thioether (sulfide) groups is 1. The standard InChI is InChI=1S/C14H25N3OS/c1-2-3-4-5-6-7-8-9-10-19-14-16-12(15)11-13(18)17-14/h11H,2-10H2,1H3,(H3,15,16,17,18). The summed E-state index contributed by atoms with van der Waals surface area (Å²) in [6.45, 7) is 2.24. The highest BCUT2D eigenvalue weighted by Gasteiger charge is 1.99. The lowest BCUT2D eigenvalue weighted by molar-refractivity contribution is 0.586. The number of H-pyrrole nitrogens is 1. The summed E-state index contributed by atoms with van der Waals surface area (Å²) in [5, 5.41) is 0.632. The number of aromatic amines is 1. The number of nitrogen functional groups attached to an aromatic ring is 1. The predicted molar refractivity (Wildman–Crippen MR) is 82.6 cm³/mol. The molecule has 3 N–H and O–H groups in total. The molecule has 4 nitrogen and oxygen atoms in total. The zero-order valence-electron chi connectivity index (χ0n) is 11.8. The minimum atomic E-state index is -0.175. The van der Waals surface area contributed by atoms with E-state index < -0.39 is 0 Å². The Morgan fingerprint density at radius 3 is 2.42 bits per heavy atom. The van der Waals surface area contributed by atoms with Gasteiger partial charge in [0.1, 0.15) is 5.82 Å². The molecule has 0 aliphatic carbocycles. The van der Waals surface area contributed by atoms with E-state index in [9.17, 15) is 4.79 Å². The van der Waals surface area contributed by atoms with Crippen molar-refractivity contribution in [1.29, 1.82) is 0 Å². The monoisotopic (exact) mass is 283 g/mol. The molecular weight excluding hydrogens is 258 g/mol. The van der Waals surface area contributed by atoms with E-state index in [0.717, 1.165) is 12.2 Å². The first-order valence-corrected chi connectivity index (χ1v) is 8.20. The second-order valence-corrected chi connectivity index (χ2v) is 5.88. The molecule has 1 heterocycles. The van der Waals surface area contributed by atoms with Gasteiger partial charge in [0.15, 0.2) is 5.16 Å². The van der Waals surface area contributed by atoms with Crippen molar-refractivity contribution in [2.45, 2.75) is 63.4 Å². The Morgan fingerprint density at radius 2 is 1.79 bits per heavy atom. The molecule has 0 saturated carbocycles. The molecule has 5 heteroatoms. The minimum Gasteiger partial charge on any atom is -0.383 e. The van der Waals surface area contributed by atoms with Crippen molar-refractivity contribution in [1.82, 2.24) is 9.97 Å². The second kappa shape index (κ2) is 9.89. The van der Waals surface area contributed by atoms with Gasteiger partial charge in [-0.2, -0.15) is 0 Å². The molecule has 0 amide bonds. The van der Waals surface area contributed by atoms with Crippen LogP contribution in [0.2, 0.25) is 0 Å². The third-order valence-electron chi connectivity index (χ3n) is 2.98. The lowest BCUT2D eigenvalue weighted by Crippen LogP contribution is -2.09. The van der Waals surface area contributed by atoms with Crippen LogP contribution in [0, 0.1) is 0 Å². The van der Waals surface area contributed by atoms with E-state index in [1.54, 1.807) is 11.8 Å². The average Bonchev–Trinajstić information content (AvgIpc) is 2.36. The van der Waals surface area contributed by atoms with Crippen LogP contribution in [0.4, 0.5) is 5.82 Å². The van der Waals surface area contributed by atoms with Crippen LogP contribution in [-0.4, -0.2) is 15.7 Å². The Morgan fingerprint density at radius 1 is 1.16 bits per heavy atom. The number of rotatable bonds is 10. The Balaban J connectivity index is 2.03. The molecule has 19 heavy (non-hydrogen) atoms. The van der Waals surface area contributed by atoms with Crippen LogP contribution < -0.4 is 11.3 Å². The number of hydrogen-bond donors (Lipinski definition) is 2. The lowest BCUT2D eigenvalue weighted by atomic mass is 10.1. The van der Waals surface area contributed by atoms with Gasteiger partial charge in [-0.15, -0.1) is 0 Å². The number of nitrogens with zero attached hydrogens (tertiary/aromatic N) is 1. The summed E-state index contributed by atoms with van der Waals surface area (Å²) in [6.07, 6.45) is 10.5. The van der Waals surface area contributed by atoms with Crippen molar-refractivity contribution in [3.63, 3.8) is 0 Å². The van der Waals surface area contributed by atoms with Gasteiger partial charge in [0, 0.05) is 11.8 Å². The van der Waals surface area contributed by atoms with Gasteiger partial charge >= 0.3 is 0 Å². The van der Waals surface area contributed by atoms with Gasteiger partial charge in [-0.05, 0) is 6.42 Å². The van der Waals surface area contributed by atoms with E-state index in [2.05, 4.69) is 16.9 Å². The summed E-state index contributed by atoms with van der Waals surface area (Å²) in [7, 11) is 0. The second-order valence-electron chi connectivity index (χ2n) is 4.80. The van der Waals surface area contributed by atoms with Crippen LogP contribution >= 0.6 is 11.8 Å². The molecular formula is C14H25N3OS. The summed E-state index contributed by atoms with van der Waals surface area (Å²) in [6, 6.07) is 1.31. The van der Waals surface area contributed by atoms with Gasteiger partial charge in [-0.3, -0.25) is 4.79 Å². The van der Waals surface area contributed by atoms with Gasteiger partial charge in [0.05, 0.1) is 0 Å². The number of aromatic nitrogens is 2. The fourth-order valence-corrected chi connectivity index (χ4v) is 2.81. The summed E-state index contributed by atoms with van der Waals surface area (Å²) in [5.41, 5.74) is 5.35. The first-order chi connectivity index (χ1) is 9.22. The van der Waals surface area contributed by atoms with Crippen molar-refractivity contribution in [2.75, 3.05) is 11.5 Å². The zero-order valence-corrected chi connectivity index (χ0v) is 12.6. The van der Waals surface area contributed by atoms with E-state index in [1.165, 1.54) is 51.0 Å². The van der Waals surface area contributed by atoms with Gasteiger partial charge in [-0.1, -0.05) is 63.6 Å². The van der Waals surface area contributed by atoms with Crippen molar-refractivity contribution >= 4 is 17.6 Å². The zero-order chi connectivity index (χ0) is 13.9. The number of nitrogens with one attached hydrogen (secondary N) is 1. The summed E-state index contributed by atoms with van der Waals surface area (Å²) in [5.74, 6) is 1.28. The first-order valence-electron chi connectivity index (χ1n) is 7.22. The van der Waals surface area contributed by atoms with E-state index in [1.807, 2.05) is 0 Å².